The molecule has 15 heavy (non-hydrogen) atoms. The van der Waals surface area contributed by atoms with Crippen molar-refractivity contribution >= 4 is 23.0 Å². The molecule has 0 aliphatic rings. The van der Waals surface area contributed by atoms with Crippen molar-refractivity contribution in [2.75, 3.05) is 11.5 Å². The molecule has 0 aliphatic heterocycles. The van der Waals surface area contributed by atoms with Gasteiger partial charge < -0.3 is 11.5 Å². The molecule has 2 rings (SSSR count). The van der Waals surface area contributed by atoms with Gasteiger partial charge in [-0.25, -0.2) is 0 Å². The first-order chi connectivity index (χ1) is 7.16. The summed E-state index contributed by atoms with van der Waals surface area (Å²) in [5, 5.41) is 0.698. The number of rotatable bonds is 1. The molecule has 0 bridgehead atoms. The first-order valence-corrected chi connectivity index (χ1v) is 4.95. The average molecular weight is 219 g/mol. The van der Waals surface area contributed by atoms with E-state index in [9.17, 15) is 0 Å². The summed E-state index contributed by atoms with van der Waals surface area (Å²) in [6, 6.07) is 13.0. The lowest BCUT2D eigenvalue weighted by atomic mass is 10.0. The number of halogens is 1. The van der Waals surface area contributed by atoms with Crippen molar-refractivity contribution in [3.8, 4) is 11.1 Å². The van der Waals surface area contributed by atoms with Crippen LogP contribution in [0.25, 0.3) is 11.1 Å². The van der Waals surface area contributed by atoms with Gasteiger partial charge in [0.15, 0.2) is 0 Å². The lowest BCUT2D eigenvalue weighted by Gasteiger charge is -2.06. The first kappa shape index (κ1) is 9.87. The molecule has 0 amide bonds. The van der Waals surface area contributed by atoms with Gasteiger partial charge in [-0.2, -0.15) is 0 Å². The van der Waals surface area contributed by atoms with Gasteiger partial charge in [0.05, 0.1) is 0 Å². The monoisotopic (exact) mass is 218 g/mol. The van der Waals surface area contributed by atoms with Crippen LogP contribution in [0.15, 0.2) is 42.5 Å². The summed E-state index contributed by atoms with van der Waals surface area (Å²) in [6.07, 6.45) is 0. The third-order valence-electron chi connectivity index (χ3n) is 2.21. The molecule has 0 aliphatic carbocycles. The van der Waals surface area contributed by atoms with Gasteiger partial charge in [0, 0.05) is 22.0 Å². The Balaban J connectivity index is 2.54. The van der Waals surface area contributed by atoms with Gasteiger partial charge in [0.2, 0.25) is 0 Å². The molecule has 0 saturated heterocycles. The largest absolute Gasteiger partial charge is 0.399 e. The molecule has 4 N–H and O–H groups in total. The van der Waals surface area contributed by atoms with Gasteiger partial charge in [-0.05, 0) is 29.8 Å². The first-order valence-electron chi connectivity index (χ1n) is 4.58. The highest BCUT2D eigenvalue weighted by molar-refractivity contribution is 6.30. The summed E-state index contributed by atoms with van der Waals surface area (Å²) in [4.78, 5) is 0. The van der Waals surface area contributed by atoms with E-state index in [1.165, 1.54) is 0 Å². The van der Waals surface area contributed by atoms with Gasteiger partial charge in [-0.3, -0.25) is 0 Å². The molecule has 0 saturated carbocycles. The molecule has 2 aromatic rings. The van der Waals surface area contributed by atoms with Crippen LogP contribution in [0, 0.1) is 0 Å². The van der Waals surface area contributed by atoms with E-state index < -0.39 is 0 Å². The molecular formula is C12H11ClN2. The third-order valence-corrected chi connectivity index (χ3v) is 2.45. The van der Waals surface area contributed by atoms with Crippen LogP contribution in [0.5, 0.6) is 0 Å². The minimum Gasteiger partial charge on any atom is -0.399 e. The Morgan fingerprint density at radius 1 is 0.933 bits per heavy atom. The van der Waals surface area contributed by atoms with Crippen LogP contribution in [0.2, 0.25) is 5.02 Å². The maximum Gasteiger partial charge on any atom is 0.0414 e. The van der Waals surface area contributed by atoms with E-state index in [-0.39, 0.29) is 0 Å². The van der Waals surface area contributed by atoms with Crippen LogP contribution in [-0.2, 0) is 0 Å². The van der Waals surface area contributed by atoms with E-state index in [0.717, 1.165) is 11.1 Å². The molecule has 0 unspecified atom stereocenters. The second-order valence-electron chi connectivity index (χ2n) is 3.36. The fourth-order valence-electron chi connectivity index (χ4n) is 1.50. The van der Waals surface area contributed by atoms with E-state index in [2.05, 4.69) is 0 Å². The number of nitrogen functional groups attached to an aromatic ring is 2. The van der Waals surface area contributed by atoms with Crippen molar-refractivity contribution < 1.29 is 0 Å². The zero-order valence-electron chi connectivity index (χ0n) is 8.07. The Morgan fingerprint density at radius 3 is 2.40 bits per heavy atom. The normalized spacial score (nSPS) is 10.2. The standard InChI is InChI=1S/C12H11ClN2/c13-9-3-1-2-8(6-9)11-5-4-10(14)7-12(11)15/h1-7H,14-15H2. The lowest BCUT2D eigenvalue weighted by molar-refractivity contribution is 1.60. The molecule has 3 heteroatoms. The smallest absolute Gasteiger partial charge is 0.0414 e. The Kier molecular flexibility index (Phi) is 2.52. The Labute approximate surface area is 93.5 Å². The summed E-state index contributed by atoms with van der Waals surface area (Å²) >= 11 is 5.91. The highest BCUT2D eigenvalue weighted by Crippen LogP contribution is 2.29. The molecule has 0 radical (unpaired) electrons. The van der Waals surface area contributed by atoms with Gasteiger partial charge in [-0.1, -0.05) is 29.8 Å². The Morgan fingerprint density at radius 2 is 1.73 bits per heavy atom. The number of anilines is 2. The van der Waals surface area contributed by atoms with E-state index in [1.54, 1.807) is 6.07 Å². The highest BCUT2D eigenvalue weighted by Gasteiger charge is 2.02. The van der Waals surface area contributed by atoms with Gasteiger partial charge in [0.25, 0.3) is 0 Å². The molecule has 0 atom stereocenters. The van der Waals surface area contributed by atoms with E-state index in [1.807, 2.05) is 36.4 Å². The zero-order chi connectivity index (χ0) is 10.8. The SMILES string of the molecule is Nc1ccc(-c2cccc(Cl)c2)c(N)c1. The second-order valence-corrected chi connectivity index (χ2v) is 3.79. The third kappa shape index (κ3) is 2.05. The summed E-state index contributed by atoms with van der Waals surface area (Å²) in [6.45, 7) is 0. The maximum atomic E-state index is 5.91. The van der Waals surface area contributed by atoms with Gasteiger partial charge in [-0.15, -0.1) is 0 Å². The molecule has 2 aromatic carbocycles. The zero-order valence-corrected chi connectivity index (χ0v) is 8.83. The van der Waals surface area contributed by atoms with Crippen LogP contribution in [0.3, 0.4) is 0 Å². The fourth-order valence-corrected chi connectivity index (χ4v) is 1.69. The molecule has 76 valence electrons. The molecule has 0 heterocycles. The fraction of sp³-hybridized carbons (Fsp3) is 0. The predicted octanol–water partition coefficient (Wildman–Crippen LogP) is 3.17. The average Bonchev–Trinajstić information content (AvgIpc) is 2.17. The predicted molar refractivity (Wildman–Crippen MR) is 65.7 cm³/mol. The van der Waals surface area contributed by atoms with Crippen molar-refractivity contribution in [1.82, 2.24) is 0 Å². The number of nitrogens with two attached hydrogens (primary N) is 2. The summed E-state index contributed by atoms with van der Waals surface area (Å²) in [5.74, 6) is 0. The summed E-state index contributed by atoms with van der Waals surface area (Å²) in [7, 11) is 0. The number of benzene rings is 2. The van der Waals surface area contributed by atoms with Crippen molar-refractivity contribution in [1.29, 1.82) is 0 Å². The number of hydrogen-bond acceptors (Lipinski definition) is 2. The highest BCUT2D eigenvalue weighted by atomic mass is 35.5. The minimum absolute atomic E-state index is 0.664. The molecule has 0 fully saturated rings. The van der Waals surface area contributed by atoms with Gasteiger partial charge in [0.1, 0.15) is 0 Å². The lowest BCUT2D eigenvalue weighted by Crippen LogP contribution is -1.92. The molecule has 2 nitrogen and oxygen atoms in total. The molecular weight excluding hydrogens is 208 g/mol. The second kappa shape index (κ2) is 3.83. The number of hydrogen-bond donors (Lipinski definition) is 2. The summed E-state index contributed by atoms with van der Waals surface area (Å²) in [5.41, 5.74) is 14.8. The van der Waals surface area contributed by atoms with E-state index in [0.29, 0.717) is 16.4 Å². The Hall–Kier alpha value is -1.67. The van der Waals surface area contributed by atoms with Crippen molar-refractivity contribution in [3.05, 3.63) is 47.5 Å². The van der Waals surface area contributed by atoms with E-state index >= 15 is 0 Å². The molecule has 0 spiro atoms. The van der Waals surface area contributed by atoms with Gasteiger partial charge >= 0.3 is 0 Å². The van der Waals surface area contributed by atoms with Crippen LogP contribution in [-0.4, -0.2) is 0 Å². The van der Waals surface area contributed by atoms with Crippen LogP contribution >= 0.6 is 11.6 Å². The maximum absolute atomic E-state index is 5.91. The van der Waals surface area contributed by atoms with E-state index in [4.69, 9.17) is 23.1 Å². The topological polar surface area (TPSA) is 52.0 Å². The van der Waals surface area contributed by atoms with Crippen molar-refractivity contribution in [3.63, 3.8) is 0 Å². The quantitative estimate of drug-likeness (QED) is 0.723. The Bertz CT molecular complexity index is 495. The molecule has 0 aromatic heterocycles. The van der Waals surface area contributed by atoms with Crippen LogP contribution < -0.4 is 11.5 Å². The summed E-state index contributed by atoms with van der Waals surface area (Å²) < 4.78 is 0. The minimum atomic E-state index is 0.664. The van der Waals surface area contributed by atoms with Crippen LogP contribution in [0.1, 0.15) is 0 Å². The van der Waals surface area contributed by atoms with Crippen LogP contribution in [0.4, 0.5) is 11.4 Å². The van der Waals surface area contributed by atoms with Crippen molar-refractivity contribution in [2.24, 2.45) is 0 Å². The van der Waals surface area contributed by atoms with Crippen molar-refractivity contribution in [2.45, 2.75) is 0 Å².